The third-order valence-corrected chi connectivity index (χ3v) is 3.01. The van der Waals surface area contributed by atoms with E-state index in [1.807, 2.05) is 0 Å². The summed E-state index contributed by atoms with van der Waals surface area (Å²) in [6.07, 6.45) is 1.38. The number of hydrogen-bond acceptors (Lipinski definition) is 7. The van der Waals surface area contributed by atoms with Crippen molar-refractivity contribution in [2.24, 2.45) is 11.5 Å². The number of aliphatic hydroxyl groups excluding tert-OH is 1. The van der Waals surface area contributed by atoms with E-state index in [0.29, 0.717) is 19.4 Å². The largest absolute Gasteiger partial charge is 0.480 e. The van der Waals surface area contributed by atoms with Crippen LogP contribution >= 0.6 is 0 Å². The van der Waals surface area contributed by atoms with Gasteiger partial charge in [0.1, 0.15) is 18.6 Å². The first-order valence-electron chi connectivity index (χ1n) is 7.45. The number of aliphatic carboxylic acids is 1. The van der Waals surface area contributed by atoms with Gasteiger partial charge < -0.3 is 37.6 Å². The first-order valence-corrected chi connectivity index (χ1v) is 7.45. The number of nitrogens with one attached hydrogen (secondary N) is 3. The number of carboxylic acids is 1. The predicted octanol–water partition coefficient (Wildman–Crippen LogP) is -3.76. The van der Waals surface area contributed by atoms with Crippen molar-refractivity contribution in [3.8, 4) is 0 Å². The lowest BCUT2D eigenvalue weighted by molar-refractivity contribution is -0.138. The van der Waals surface area contributed by atoms with Crippen molar-refractivity contribution in [3.63, 3.8) is 0 Å². The van der Waals surface area contributed by atoms with Gasteiger partial charge in [0.25, 0.3) is 0 Å². The van der Waals surface area contributed by atoms with E-state index in [-0.39, 0.29) is 13.0 Å². The molecule has 0 radical (unpaired) electrons. The molecule has 2 atom stereocenters. The summed E-state index contributed by atoms with van der Waals surface area (Å²) in [5.74, 6) is -3.31. The molecule has 11 nitrogen and oxygen atoms in total. The number of rotatable bonds is 12. The molecule has 24 heavy (non-hydrogen) atoms. The monoisotopic (exact) mass is 347 g/mol. The molecule has 0 aliphatic rings. The summed E-state index contributed by atoms with van der Waals surface area (Å²) in [6.45, 7) is -1.22. The van der Waals surface area contributed by atoms with Gasteiger partial charge in [-0.05, 0) is 25.8 Å². The molecule has 0 heterocycles. The second-order valence-corrected chi connectivity index (χ2v) is 4.96. The van der Waals surface area contributed by atoms with Crippen molar-refractivity contribution in [2.75, 3.05) is 26.2 Å². The van der Waals surface area contributed by atoms with Crippen LogP contribution in [0.15, 0.2) is 0 Å². The Kier molecular flexibility index (Phi) is 11.1. The van der Waals surface area contributed by atoms with Crippen LogP contribution in [0.2, 0.25) is 0 Å². The fourth-order valence-corrected chi connectivity index (χ4v) is 1.77. The third-order valence-electron chi connectivity index (χ3n) is 3.01. The van der Waals surface area contributed by atoms with Crippen LogP contribution in [0.1, 0.15) is 19.3 Å². The van der Waals surface area contributed by atoms with Gasteiger partial charge in [-0.2, -0.15) is 0 Å². The zero-order valence-corrected chi connectivity index (χ0v) is 13.3. The van der Waals surface area contributed by atoms with Crippen molar-refractivity contribution in [3.05, 3.63) is 0 Å². The van der Waals surface area contributed by atoms with Crippen molar-refractivity contribution in [1.82, 2.24) is 16.0 Å². The van der Waals surface area contributed by atoms with E-state index in [9.17, 15) is 24.3 Å². The molecule has 0 aromatic carbocycles. The SMILES string of the molecule is NCCCCC(NC(=O)C(CO)NC(=O)CN)C(=O)NCC(=O)O. The van der Waals surface area contributed by atoms with Crippen molar-refractivity contribution >= 4 is 23.7 Å². The Morgan fingerprint density at radius 3 is 2.12 bits per heavy atom. The Labute approximate surface area is 139 Å². The molecule has 0 aromatic rings. The van der Waals surface area contributed by atoms with Crippen LogP contribution in [-0.4, -0.2) is 72.2 Å². The first kappa shape index (κ1) is 21.8. The molecule has 0 aliphatic heterocycles. The Balaban J connectivity index is 4.80. The molecule has 138 valence electrons. The lowest BCUT2D eigenvalue weighted by Gasteiger charge is -2.21. The van der Waals surface area contributed by atoms with Gasteiger partial charge in [-0.25, -0.2) is 0 Å². The minimum Gasteiger partial charge on any atom is -0.480 e. The molecular formula is C13H25N5O6. The smallest absolute Gasteiger partial charge is 0.322 e. The van der Waals surface area contributed by atoms with E-state index < -0.39 is 48.9 Å². The number of unbranched alkanes of at least 4 members (excludes halogenated alkanes) is 1. The van der Waals surface area contributed by atoms with Crippen LogP contribution in [-0.2, 0) is 19.2 Å². The van der Waals surface area contributed by atoms with E-state index >= 15 is 0 Å². The van der Waals surface area contributed by atoms with Gasteiger partial charge in [-0.1, -0.05) is 0 Å². The number of carboxylic acid groups (broad SMARTS) is 1. The number of carbonyl (C=O) groups excluding carboxylic acids is 3. The minimum atomic E-state index is -1.26. The fraction of sp³-hybridized carbons (Fsp3) is 0.692. The van der Waals surface area contributed by atoms with Gasteiger partial charge in [-0.3, -0.25) is 19.2 Å². The standard InChI is InChI=1S/C13H25N5O6/c14-4-2-1-3-8(12(23)16-6-11(21)22)18-13(24)9(7-19)17-10(20)5-15/h8-9,19H,1-7,14-15H2,(H,16,23)(H,17,20)(H,18,24)(H,21,22). The van der Waals surface area contributed by atoms with Gasteiger partial charge in [0.05, 0.1) is 13.2 Å². The lowest BCUT2D eigenvalue weighted by atomic mass is 10.1. The molecule has 0 rings (SSSR count). The summed E-state index contributed by atoms with van der Waals surface area (Å²) in [4.78, 5) is 45.8. The summed E-state index contributed by atoms with van der Waals surface area (Å²) >= 11 is 0. The second kappa shape index (κ2) is 12.2. The molecule has 0 bridgehead atoms. The Morgan fingerprint density at radius 1 is 0.958 bits per heavy atom. The average molecular weight is 347 g/mol. The number of nitrogens with two attached hydrogens (primary N) is 2. The highest BCUT2D eigenvalue weighted by Gasteiger charge is 2.26. The van der Waals surface area contributed by atoms with Gasteiger partial charge in [0, 0.05) is 0 Å². The van der Waals surface area contributed by atoms with Crippen LogP contribution in [0, 0.1) is 0 Å². The zero-order valence-electron chi connectivity index (χ0n) is 13.3. The lowest BCUT2D eigenvalue weighted by Crippen LogP contribution is -2.55. The van der Waals surface area contributed by atoms with E-state index in [0.717, 1.165) is 0 Å². The highest BCUT2D eigenvalue weighted by Crippen LogP contribution is 2.02. The molecular weight excluding hydrogens is 322 g/mol. The predicted molar refractivity (Wildman–Crippen MR) is 83.6 cm³/mol. The molecule has 0 saturated carbocycles. The summed E-state index contributed by atoms with van der Waals surface area (Å²) in [5, 5.41) is 24.5. The molecule has 9 N–H and O–H groups in total. The highest BCUT2D eigenvalue weighted by molar-refractivity contribution is 5.93. The van der Waals surface area contributed by atoms with Gasteiger partial charge in [0.2, 0.25) is 17.7 Å². The van der Waals surface area contributed by atoms with Crippen molar-refractivity contribution in [1.29, 1.82) is 0 Å². The minimum absolute atomic E-state index is 0.234. The molecule has 3 amide bonds. The summed E-state index contributed by atoms with van der Waals surface area (Å²) < 4.78 is 0. The Morgan fingerprint density at radius 2 is 1.62 bits per heavy atom. The Bertz CT molecular complexity index is 445. The molecule has 0 aliphatic carbocycles. The molecule has 2 unspecified atom stereocenters. The van der Waals surface area contributed by atoms with Gasteiger partial charge in [-0.15, -0.1) is 0 Å². The molecule has 0 saturated heterocycles. The molecule has 0 aromatic heterocycles. The van der Waals surface area contributed by atoms with E-state index in [1.165, 1.54) is 0 Å². The van der Waals surface area contributed by atoms with E-state index in [4.69, 9.17) is 16.6 Å². The summed E-state index contributed by atoms with van der Waals surface area (Å²) in [6, 6.07) is -2.27. The van der Waals surface area contributed by atoms with E-state index in [2.05, 4.69) is 16.0 Å². The number of aliphatic hydroxyl groups is 1. The van der Waals surface area contributed by atoms with Gasteiger partial charge >= 0.3 is 5.97 Å². The summed E-state index contributed by atoms with van der Waals surface area (Å²) in [7, 11) is 0. The molecule has 0 fully saturated rings. The van der Waals surface area contributed by atoms with Crippen molar-refractivity contribution in [2.45, 2.75) is 31.3 Å². The van der Waals surface area contributed by atoms with Crippen LogP contribution in [0.4, 0.5) is 0 Å². The number of hydrogen-bond donors (Lipinski definition) is 7. The second-order valence-electron chi connectivity index (χ2n) is 4.96. The van der Waals surface area contributed by atoms with Crippen LogP contribution < -0.4 is 27.4 Å². The fourth-order valence-electron chi connectivity index (χ4n) is 1.77. The van der Waals surface area contributed by atoms with Crippen LogP contribution in [0.5, 0.6) is 0 Å². The first-order chi connectivity index (χ1) is 11.3. The Hall–Kier alpha value is -2.24. The number of amides is 3. The number of carbonyl (C=O) groups is 4. The highest BCUT2D eigenvalue weighted by atomic mass is 16.4. The van der Waals surface area contributed by atoms with E-state index in [1.54, 1.807) is 0 Å². The maximum absolute atomic E-state index is 12.1. The summed E-state index contributed by atoms with van der Waals surface area (Å²) in [5.41, 5.74) is 10.5. The van der Waals surface area contributed by atoms with Crippen LogP contribution in [0.25, 0.3) is 0 Å². The maximum atomic E-state index is 12.1. The van der Waals surface area contributed by atoms with Crippen LogP contribution in [0.3, 0.4) is 0 Å². The van der Waals surface area contributed by atoms with Gasteiger partial charge in [0.15, 0.2) is 0 Å². The normalized spacial score (nSPS) is 12.8. The molecule has 0 spiro atoms. The average Bonchev–Trinajstić information content (AvgIpc) is 2.56. The third kappa shape index (κ3) is 9.02. The quantitative estimate of drug-likeness (QED) is 0.175. The topological polar surface area (TPSA) is 197 Å². The molecule has 11 heteroatoms. The zero-order chi connectivity index (χ0) is 18.5. The van der Waals surface area contributed by atoms with Crippen molar-refractivity contribution < 1.29 is 29.4 Å². The maximum Gasteiger partial charge on any atom is 0.322 e.